The quantitative estimate of drug-likeness (QED) is 0.503. The number of hydrogen-bond acceptors (Lipinski definition) is 0. The zero-order valence-electron chi connectivity index (χ0n) is 11.4. The SMILES string of the molecule is C#C[Si](C)(C)C.c1ccc(-c2ccccc2)cc1. The number of hydrogen-bond donors (Lipinski definition) is 0. The topological polar surface area (TPSA) is 0 Å². The molecule has 2 aromatic rings. The molecule has 0 heterocycles. The molecular weight excluding hydrogens is 232 g/mol. The molecule has 0 radical (unpaired) electrons. The second kappa shape index (κ2) is 6.83. The van der Waals surface area contributed by atoms with Crippen LogP contribution < -0.4 is 0 Å². The predicted octanol–water partition coefficient (Wildman–Crippen LogP) is 4.85. The highest BCUT2D eigenvalue weighted by Gasteiger charge is 2.05. The molecule has 0 aromatic heterocycles. The van der Waals surface area contributed by atoms with Crippen LogP contribution in [0.15, 0.2) is 60.7 Å². The highest BCUT2D eigenvalue weighted by Crippen LogP contribution is 2.17. The summed E-state index contributed by atoms with van der Waals surface area (Å²) in [5, 5.41) is 0. The largest absolute Gasteiger partial charge is 0.135 e. The first-order valence-corrected chi connectivity index (χ1v) is 9.61. The Balaban J connectivity index is 0.000000232. The highest BCUT2D eigenvalue weighted by molar-refractivity contribution is 6.83. The maximum absolute atomic E-state index is 5.12. The minimum atomic E-state index is -1.10. The van der Waals surface area contributed by atoms with E-state index in [4.69, 9.17) is 6.42 Å². The molecule has 0 aliphatic heterocycles. The molecule has 0 bridgehead atoms. The maximum atomic E-state index is 5.12. The minimum absolute atomic E-state index is 1.10. The molecule has 18 heavy (non-hydrogen) atoms. The second-order valence-corrected chi connectivity index (χ2v) is 9.92. The van der Waals surface area contributed by atoms with Gasteiger partial charge < -0.3 is 0 Å². The monoisotopic (exact) mass is 252 g/mol. The first-order chi connectivity index (χ1) is 8.53. The van der Waals surface area contributed by atoms with Crippen LogP contribution in [0.2, 0.25) is 19.6 Å². The summed E-state index contributed by atoms with van der Waals surface area (Å²) in [6.45, 7) is 6.44. The van der Waals surface area contributed by atoms with Crippen molar-refractivity contribution >= 4 is 8.07 Å². The van der Waals surface area contributed by atoms with Crippen LogP contribution >= 0.6 is 0 Å². The number of rotatable bonds is 1. The number of terminal acetylenes is 1. The van der Waals surface area contributed by atoms with Gasteiger partial charge in [-0.2, -0.15) is 0 Å². The summed E-state index contributed by atoms with van der Waals surface area (Å²) in [5.41, 5.74) is 5.30. The van der Waals surface area contributed by atoms with Gasteiger partial charge in [0.2, 0.25) is 0 Å². The smallest absolute Gasteiger partial charge is 0.128 e. The molecule has 0 nitrogen and oxygen atoms in total. The summed E-state index contributed by atoms with van der Waals surface area (Å²) >= 11 is 0. The normalized spacial score (nSPS) is 9.89. The van der Waals surface area contributed by atoms with Crippen molar-refractivity contribution in [1.82, 2.24) is 0 Å². The van der Waals surface area contributed by atoms with Crippen LogP contribution in [0.1, 0.15) is 0 Å². The van der Waals surface area contributed by atoms with E-state index in [1.165, 1.54) is 11.1 Å². The molecule has 0 saturated heterocycles. The van der Waals surface area contributed by atoms with Gasteiger partial charge in [0.05, 0.1) is 0 Å². The van der Waals surface area contributed by atoms with E-state index in [1.54, 1.807) is 0 Å². The Bertz CT molecular complexity index is 449. The lowest BCUT2D eigenvalue weighted by molar-refractivity contribution is 1.62. The van der Waals surface area contributed by atoms with Crippen LogP contribution in [0.5, 0.6) is 0 Å². The molecule has 0 N–H and O–H groups in total. The Morgan fingerprint density at radius 1 is 0.722 bits per heavy atom. The summed E-state index contributed by atoms with van der Waals surface area (Å²) in [6, 6.07) is 20.8. The van der Waals surface area contributed by atoms with Gasteiger partial charge >= 0.3 is 0 Å². The minimum Gasteiger partial charge on any atom is -0.135 e. The summed E-state index contributed by atoms with van der Waals surface area (Å²) in [6.07, 6.45) is 5.12. The van der Waals surface area contributed by atoms with Crippen LogP contribution in [0.4, 0.5) is 0 Å². The molecule has 1 heteroatoms. The average Bonchev–Trinajstić information content (AvgIpc) is 2.41. The van der Waals surface area contributed by atoms with Gasteiger partial charge in [-0.1, -0.05) is 80.3 Å². The molecule has 0 saturated carbocycles. The van der Waals surface area contributed by atoms with Gasteiger partial charge in [-0.05, 0) is 11.1 Å². The van der Waals surface area contributed by atoms with Gasteiger partial charge in [-0.3, -0.25) is 0 Å². The highest BCUT2D eigenvalue weighted by atomic mass is 28.3. The fourth-order valence-electron chi connectivity index (χ4n) is 1.26. The third-order valence-electron chi connectivity index (χ3n) is 2.31. The van der Waals surface area contributed by atoms with Crippen molar-refractivity contribution in [3.63, 3.8) is 0 Å². The molecule has 0 atom stereocenters. The third kappa shape index (κ3) is 5.52. The molecule has 92 valence electrons. The first-order valence-electron chi connectivity index (χ1n) is 6.11. The van der Waals surface area contributed by atoms with Crippen molar-refractivity contribution < 1.29 is 0 Å². The average molecular weight is 252 g/mol. The van der Waals surface area contributed by atoms with Crippen LogP contribution in [0.3, 0.4) is 0 Å². The van der Waals surface area contributed by atoms with Gasteiger partial charge in [0.25, 0.3) is 0 Å². The second-order valence-electron chi connectivity index (χ2n) is 5.13. The van der Waals surface area contributed by atoms with Crippen LogP contribution in [0, 0.1) is 12.0 Å². The molecule has 0 spiro atoms. The van der Waals surface area contributed by atoms with Crippen LogP contribution in [0.25, 0.3) is 11.1 Å². The maximum Gasteiger partial charge on any atom is 0.128 e. The van der Waals surface area contributed by atoms with E-state index < -0.39 is 8.07 Å². The van der Waals surface area contributed by atoms with E-state index in [-0.39, 0.29) is 0 Å². The van der Waals surface area contributed by atoms with Crippen molar-refractivity contribution in [3.8, 4) is 23.1 Å². The van der Waals surface area contributed by atoms with E-state index in [1.807, 2.05) is 12.1 Å². The van der Waals surface area contributed by atoms with E-state index in [2.05, 4.69) is 73.7 Å². The van der Waals surface area contributed by atoms with Gasteiger partial charge in [0.1, 0.15) is 8.07 Å². The lowest BCUT2D eigenvalue weighted by Gasteiger charge is -2.00. The van der Waals surface area contributed by atoms with Crippen molar-refractivity contribution in [2.45, 2.75) is 19.6 Å². The summed E-state index contributed by atoms with van der Waals surface area (Å²) in [5.74, 6) is 0. The van der Waals surface area contributed by atoms with Crippen LogP contribution in [-0.4, -0.2) is 8.07 Å². The lowest BCUT2D eigenvalue weighted by atomic mass is 10.1. The lowest BCUT2D eigenvalue weighted by Crippen LogP contribution is -2.15. The Morgan fingerprint density at radius 3 is 1.22 bits per heavy atom. The molecule has 2 rings (SSSR count). The van der Waals surface area contributed by atoms with Crippen molar-refractivity contribution in [1.29, 1.82) is 0 Å². The zero-order valence-corrected chi connectivity index (χ0v) is 12.4. The molecule has 2 aromatic carbocycles. The third-order valence-corrected chi connectivity index (χ3v) is 3.18. The van der Waals surface area contributed by atoms with Crippen molar-refractivity contribution in [3.05, 3.63) is 60.7 Å². The van der Waals surface area contributed by atoms with Crippen molar-refractivity contribution in [2.24, 2.45) is 0 Å². The summed E-state index contributed by atoms with van der Waals surface area (Å²) < 4.78 is 0. The molecule has 0 amide bonds. The Labute approximate surface area is 112 Å². The van der Waals surface area contributed by atoms with E-state index >= 15 is 0 Å². The summed E-state index contributed by atoms with van der Waals surface area (Å²) in [4.78, 5) is 0. The molecule has 0 aliphatic carbocycles. The van der Waals surface area contributed by atoms with Crippen LogP contribution in [-0.2, 0) is 0 Å². The Kier molecular flexibility index (Phi) is 5.42. The van der Waals surface area contributed by atoms with E-state index in [0.29, 0.717) is 0 Å². The predicted molar refractivity (Wildman–Crippen MR) is 84.1 cm³/mol. The van der Waals surface area contributed by atoms with Crippen molar-refractivity contribution in [2.75, 3.05) is 0 Å². The van der Waals surface area contributed by atoms with Gasteiger partial charge in [0, 0.05) is 0 Å². The van der Waals surface area contributed by atoms with Gasteiger partial charge in [-0.15, -0.1) is 12.0 Å². The van der Waals surface area contributed by atoms with Gasteiger partial charge in [-0.25, -0.2) is 0 Å². The Hall–Kier alpha value is -1.78. The molecule has 0 aliphatic rings. The fraction of sp³-hybridized carbons (Fsp3) is 0.176. The van der Waals surface area contributed by atoms with Gasteiger partial charge in [0.15, 0.2) is 0 Å². The van der Waals surface area contributed by atoms with E-state index in [0.717, 1.165) is 0 Å². The molecule has 0 unspecified atom stereocenters. The standard InChI is InChI=1S/C12H10.C5H10Si/c1-3-7-11(8-4-1)12-9-5-2-6-10-12;1-5-6(2,3)4/h1-10H;1H,2-4H3. The Morgan fingerprint density at radius 2 is 1.00 bits per heavy atom. The fourth-order valence-corrected chi connectivity index (χ4v) is 1.26. The number of benzene rings is 2. The van der Waals surface area contributed by atoms with E-state index in [9.17, 15) is 0 Å². The molecule has 0 fully saturated rings. The zero-order chi connectivity index (χ0) is 13.4. The summed E-state index contributed by atoms with van der Waals surface area (Å²) in [7, 11) is -1.10. The first kappa shape index (κ1) is 14.3. The molecular formula is C17H20Si.